The van der Waals surface area contributed by atoms with Crippen LogP contribution in [0.2, 0.25) is 0 Å². The first-order valence-corrected chi connectivity index (χ1v) is 7.36. The fraction of sp³-hybridized carbons (Fsp3) is 0.438. The minimum atomic E-state index is -1.10. The number of benzene rings is 1. The summed E-state index contributed by atoms with van der Waals surface area (Å²) in [5.74, 6) is -0.629. The lowest BCUT2D eigenvalue weighted by atomic mass is 9.83. The SMILES string of the molecule is CC1(Nc2nc(C(=O)O)nc3ccccc23)CCCCC1. The molecule has 2 N–H and O–H groups in total. The minimum Gasteiger partial charge on any atom is -0.475 e. The van der Waals surface area contributed by atoms with Crippen LogP contribution < -0.4 is 5.32 Å². The maximum Gasteiger partial charge on any atom is 0.374 e. The molecule has 0 unspecified atom stereocenters. The van der Waals surface area contributed by atoms with Crippen LogP contribution in [0.15, 0.2) is 24.3 Å². The molecule has 2 aromatic rings. The highest BCUT2D eigenvalue weighted by molar-refractivity contribution is 5.93. The Hall–Kier alpha value is -2.17. The van der Waals surface area contributed by atoms with E-state index < -0.39 is 5.97 Å². The number of carbonyl (C=O) groups is 1. The molecule has 0 atom stereocenters. The molecule has 1 saturated carbocycles. The van der Waals surface area contributed by atoms with Crippen LogP contribution in [-0.4, -0.2) is 26.6 Å². The van der Waals surface area contributed by atoms with Crippen molar-refractivity contribution in [3.05, 3.63) is 30.1 Å². The van der Waals surface area contributed by atoms with Crippen LogP contribution in [0.25, 0.3) is 10.9 Å². The summed E-state index contributed by atoms with van der Waals surface area (Å²) in [6.45, 7) is 2.18. The zero-order valence-corrected chi connectivity index (χ0v) is 12.1. The molecule has 3 rings (SSSR count). The molecule has 110 valence electrons. The number of carboxylic acid groups (broad SMARTS) is 1. The van der Waals surface area contributed by atoms with E-state index in [1.165, 1.54) is 19.3 Å². The highest BCUT2D eigenvalue weighted by atomic mass is 16.4. The van der Waals surface area contributed by atoms with E-state index in [4.69, 9.17) is 0 Å². The molecule has 1 aliphatic rings. The molecule has 0 saturated heterocycles. The van der Waals surface area contributed by atoms with Gasteiger partial charge in [-0.05, 0) is 31.9 Å². The number of hydrogen-bond donors (Lipinski definition) is 2. The number of anilines is 1. The number of carboxylic acids is 1. The number of nitrogens with zero attached hydrogens (tertiary/aromatic N) is 2. The molecule has 0 aliphatic heterocycles. The third kappa shape index (κ3) is 2.82. The maximum atomic E-state index is 11.2. The average Bonchev–Trinajstić information content (AvgIpc) is 2.47. The molecular formula is C16H19N3O2. The average molecular weight is 285 g/mol. The van der Waals surface area contributed by atoms with Crippen molar-refractivity contribution in [1.29, 1.82) is 0 Å². The molecule has 0 amide bonds. The van der Waals surface area contributed by atoms with Crippen LogP contribution in [0.4, 0.5) is 5.82 Å². The summed E-state index contributed by atoms with van der Waals surface area (Å²) >= 11 is 0. The van der Waals surface area contributed by atoms with E-state index in [1.54, 1.807) is 0 Å². The first-order valence-electron chi connectivity index (χ1n) is 7.36. The zero-order chi connectivity index (χ0) is 14.9. The number of aromatic nitrogens is 2. The summed E-state index contributed by atoms with van der Waals surface area (Å²) in [5.41, 5.74) is 0.636. The molecule has 5 heteroatoms. The summed E-state index contributed by atoms with van der Waals surface area (Å²) in [5, 5.41) is 13.5. The van der Waals surface area contributed by atoms with Crippen molar-refractivity contribution in [2.75, 3.05) is 5.32 Å². The lowest BCUT2D eigenvalue weighted by Crippen LogP contribution is -2.37. The first-order chi connectivity index (χ1) is 10.1. The van der Waals surface area contributed by atoms with Gasteiger partial charge in [-0.2, -0.15) is 0 Å². The van der Waals surface area contributed by atoms with Gasteiger partial charge in [0.2, 0.25) is 5.82 Å². The van der Waals surface area contributed by atoms with E-state index in [1.807, 2.05) is 24.3 Å². The van der Waals surface area contributed by atoms with Crippen molar-refractivity contribution in [2.24, 2.45) is 0 Å². The van der Waals surface area contributed by atoms with Gasteiger partial charge in [-0.1, -0.05) is 31.4 Å². The lowest BCUT2D eigenvalue weighted by Gasteiger charge is -2.35. The molecule has 5 nitrogen and oxygen atoms in total. The largest absolute Gasteiger partial charge is 0.475 e. The lowest BCUT2D eigenvalue weighted by molar-refractivity contribution is 0.0684. The van der Waals surface area contributed by atoms with Gasteiger partial charge in [0.1, 0.15) is 5.82 Å². The second-order valence-corrected chi connectivity index (χ2v) is 5.96. The second-order valence-electron chi connectivity index (χ2n) is 5.96. The highest BCUT2D eigenvalue weighted by Crippen LogP contribution is 2.32. The normalized spacial score (nSPS) is 17.6. The van der Waals surface area contributed by atoms with Crippen LogP contribution in [0.3, 0.4) is 0 Å². The van der Waals surface area contributed by atoms with Crippen molar-refractivity contribution in [1.82, 2.24) is 9.97 Å². The van der Waals surface area contributed by atoms with Gasteiger partial charge in [-0.15, -0.1) is 0 Å². The van der Waals surface area contributed by atoms with E-state index in [0.29, 0.717) is 11.3 Å². The quantitative estimate of drug-likeness (QED) is 0.903. The monoisotopic (exact) mass is 285 g/mol. The van der Waals surface area contributed by atoms with Gasteiger partial charge in [0, 0.05) is 10.9 Å². The predicted octanol–water partition coefficient (Wildman–Crippen LogP) is 3.46. The second kappa shape index (κ2) is 5.31. The van der Waals surface area contributed by atoms with Gasteiger partial charge in [0.05, 0.1) is 5.52 Å². The molecule has 21 heavy (non-hydrogen) atoms. The maximum absolute atomic E-state index is 11.2. The Kier molecular flexibility index (Phi) is 3.49. The Morgan fingerprint density at radius 2 is 1.90 bits per heavy atom. The number of hydrogen-bond acceptors (Lipinski definition) is 4. The Morgan fingerprint density at radius 3 is 2.62 bits per heavy atom. The van der Waals surface area contributed by atoms with Crippen molar-refractivity contribution in [3.8, 4) is 0 Å². The van der Waals surface area contributed by atoms with Crippen LogP contribution in [0.5, 0.6) is 0 Å². The molecule has 0 spiro atoms. The molecule has 0 radical (unpaired) electrons. The molecule has 1 aromatic carbocycles. The van der Waals surface area contributed by atoms with Crippen LogP contribution in [0.1, 0.15) is 49.6 Å². The summed E-state index contributed by atoms with van der Waals surface area (Å²) < 4.78 is 0. The number of rotatable bonds is 3. The van der Waals surface area contributed by atoms with Gasteiger partial charge in [-0.3, -0.25) is 0 Å². The summed E-state index contributed by atoms with van der Waals surface area (Å²) in [6.07, 6.45) is 5.81. The summed E-state index contributed by atoms with van der Waals surface area (Å²) in [4.78, 5) is 19.5. The third-order valence-corrected chi connectivity index (χ3v) is 4.17. The molecule has 1 heterocycles. The smallest absolute Gasteiger partial charge is 0.374 e. The summed E-state index contributed by atoms with van der Waals surface area (Å²) in [6, 6.07) is 7.51. The molecular weight excluding hydrogens is 266 g/mol. The Balaban J connectivity index is 2.05. The van der Waals surface area contributed by atoms with E-state index >= 15 is 0 Å². The van der Waals surface area contributed by atoms with Gasteiger partial charge in [0.15, 0.2) is 0 Å². The standard InChI is InChI=1S/C16H19N3O2/c1-16(9-5-2-6-10-16)19-13-11-7-3-4-8-12(11)17-14(18-13)15(20)21/h3-4,7-8H,2,5-6,9-10H2,1H3,(H,20,21)(H,17,18,19). The first kappa shape index (κ1) is 13.8. The van der Waals surface area contributed by atoms with E-state index in [9.17, 15) is 9.90 Å². The molecule has 0 bridgehead atoms. The topological polar surface area (TPSA) is 75.1 Å². The van der Waals surface area contributed by atoms with E-state index in [2.05, 4.69) is 22.2 Å². The summed E-state index contributed by atoms with van der Waals surface area (Å²) in [7, 11) is 0. The van der Waals surface area contributed by atoms with E-state index in [0.717, 1.165) is 18.2 Å². The molecule has 1 fully saturated rings. The minimum absolute atomic E-state index is 0.0227. The Bertz CT molecular complexity index is 678. The third-order valence-electron chi connectivity index (χ3n) is 4.17. The number of aromatic carboxylic acids is 1. The van der Waals surface area contributed by atoms with E-state index in [-0.39, 0.29) is 11.4 Å². The van der Waals surface area contributed by atoms with Crippen LogP contribution >= 0.6 is 0 Å². The fourth-order valence-electron chi connectivity index (χ4n) is 3.01. The number of fused-ring (bicyclic) bond motifs is 1. The number of para-hydroxylation sites is 1. The fourth-order valence-corrected chi connectivity index (χ4v) is 3.01. The van der Waals surface area contributed by atoms with Crippen molar-refractivity contribution in [3.63, 3.8) is 0 Å². The molecule has 1 aromatic heterocycles. The van der Waals surface area contributed by atoms with Crippen molar-refractivity contribution in [2.45, 2.75) is 44.6 Å². The van der Waals surface area contributed by atoms with Gasteiger partial charge in [-0.25, -0.2) is 14.8 Å². The van der Waals surface area contributed by atoms with Crippen LogP contribution in [-0.2, 0) is 0 Å². The highest BCUT2D eigenvalue weighted by Gasteiger charge is 2.28. The Labute approximate surface area is 123 Å². The van der Waals surface area contributed by atoms with Gasteiger partial charge < -0.3 is 10.4 Å². The number of nitrogens with one attached hydrogen (secondary N) is 1. The van der Waals surface area contributed by atoms with Gasteiger partial charge >= 0.3 is 5.97 Å². The zero-order valence-electron chi connectivity index (χ0n) is 12.1. The molecule has 1 aliphatic carbocycles. The van der Waals surface area contributed by atoms with Gasteiger partial charge in [0.25, 0.3) is 0 Å². The van der Waals surface area contributed by atoms with Crippen molar-refractivity contribution >= 4 is 22.7 Å². The van der Waals surface area contributed by atoms with Crippen LogP contribution in [0, 0.1) is 0 Å². The van der Waals surface area contributed by atoms with Crippen molar-refractivity contribution < 1.29 is 9.90 Å². The Morgan fingerprint density at radius 1 is 1.19 bits per heavy atom. The predicted molar refractivity (Wildman–Crippen MR) is 81.6 cm³/mol.